The van der Waals surface area contributed by atoms with Crippen LogP contribution in [0.2, 0.25) is 0 Å². The van der Waals surface area contributed by atoms with Crippen LogP contribution in [-0.2, 0) is 5.41 Å². The predicted octanol–water partition coefficient (Wildman–Crippen LogP) is 14.4. The Labute approximate surface area is 338 Å². The SMILES string of the molecule is c1ccc2c(c1)C1c3cccc4c3C24c2c(-c3ccc4c(c3)c3ccccc3n4-c3cccc4oc5ccccc5c34)ccc(-c3cccc4c3oc3ccccc34)c21. The van der Waals surface area contributed by atoms with E-state index in [1.54, 1.807) is 0 Å². The number of benzene rings is 9. The molecule has 0 saturated heterocycles. The summed E-state index contributed by atoms with van der Waals surface area (Å²) in [6.45, 7) is 0. The molecular formula is C56H31NO2. The Morgan fingerprint density at radius 3 is 2.03 bits per heavy atom. The van der Waals surface area contributed by atoms with E-state index in [1.165, 1.54) is 77.4 Å². The highest BCUT2D eigenvalue weighted by Gasteiger charge is 2.64. The van der Waals surface area contributed by atoms with Gasteiger partial charge in [-0.3, -0.25) is 0 Å². The average Bonchev–Trinajstić information content (AvgIpc) is 3.54. The number of furan rings is 2. The maximum absolute atomic E-state index is 6.74. The zero-order valence-corrected chi connectivity index (χ0v) is 31.7. The molecule has 3 heteroatoms. The minimum Gasteiger partial charge on any atom is -0.456 e. The summed E-state index contributed by atoms with van der Waals surface area (Å²) in [5.74, 6) is 0.117. The molecule has 0 fully saturated rings. The third kappa shape index (κ3) is 3.55. The van der Waals surface area contributed by atoms with E-state index in [1.807, 2.05) is 6.07 Å². The number of para-hydroxylation sites is 4. The fourth-order valence-corrected chi connectivity index (χ4v) is 11.8. The molecular weight excluding hydrogens is 719 g/mol. The second kappa shape index (κ2) is 10.5. The summed E-state index contributed by atoms with van der Waals surface area (Å²) in [7, 11) is 0. The van der Waals surface area contributed by atoms with Gasteiger partial charge in [0.1, 0.15) is 22.3 Å². The van der Waals surface area contributed by atoms with Crippen molar-refractivity contribution in [2.24, 2.45) is 0 Å². The summed E-state index contributed by atoms with van der Waals surface area (Å²) in [5, 5.41) is 7.04. The molecule has 2 bridgehead atoms. The van der Waals surface area contributed by atoms with Crippen LogP contribution in [-0.4, -0.2) is 4.57 Å². The van der Waals surface area contributed by atoms with Crippen molar-refractivity contribution >= 4 is 65.7 Å². The van der Waals surface area contributed by atoms with Gasteiger partial charge in [-0.1, -0.05) is 140 Å². The molecule has 0 saturated carbocycles. The lowest BCUT2D eigenvalue weighted by atomic mass is 9.59. The topological polar surface area (TPSA) is 31.2 Å². The summed E-state index contributed by atoms with van der Waals surface area (Å²) in [6.07, 6.45) is 0. The number of hydrogen-bond donors (Lipinski definition) is 0. The highest BCUT2D eigenvalue weighted by molar-refractivity contribution is 6.15. The second-order valence-electron chi connectivity index (χ2n) is 16.6. The lowest BCUT2D eigenvalue weighted by Crippen LogP contribution is -2.31. The Hall–Kier alpha value is -7.62. The van der Waals surface area contributed by atoms with Crippen LogP contribution in [0, 0.1) is 0 Å². The highest BCUT2D eigenvalue weighted by Crippen LogP contribution is 2.73. The van der Waals surface area contributed by atoms with Gasteiger partial charge in [0.2, 0.25) is 0 Å². The fourth-order valence-electron chi connectivity index (χ4n) is 11.8. The Balaban J connectivity index is 1.03. The second-order valence-corrected chi connectivity index (χ2v) is 16.6. The van der Waals surface area contributed by atoms with Crippen molar-refractivity contribution in [1.82, 2.24) is 4.57 Å². The summed E-state index contributed by atoms with van der Waals surface area (Å²) in [6, 6.07) is 67.0. The first-order chi connectivity index (χ1) is 29.3. The molecule has 2 unspecified atom stereocenters. The van der Waals surface area contributed by atoms with Crippen molar-refractivity contribution in [2.75, 3.05) is 0 Å². The van der Waals surface area contributed by atoms with Crippen LogP contribution < -0.4 is 0 Å². The first-order valence-corrected chi connectivity index (χ1v) is 20.5. The lowest BCUT2D eigenvalue weighted by Gasteiger charge is -2.42. The zero-order valence-electron chi connectivity index (χ0n) is 31.7. The van der Waals surface area contributed by atoms with E-state index < -0.39 is 0 Å². The van der Waals surface area contributed by atoms with Gasteiger partial charge in [-0.2, -0.15) is 0 Å². The van der Waals surface area contributed by atoms with Gasteiger partial charge in [0.25, 0.3) is 0 Å². The van der Waals surface area contributed by atoms with Gasteiger partial charge in [0.05, 0.1) is 27.5 Å². The molecule has 0 N–H and O–H groups in total. The van der Waals surface area contributed by atoms with Gasteiger partial charge in [0.15, 0.2) is 0 Å². The van der Waals surface area contributed by atoms with Gasteiger partial charge >= 0.3 is 0 Å². The molecule has 59 heavy (non-hydrogen) atoms. The van der Waals surface area contributed by atoms with Crippen LogP contribution in [0.5, 0.6) is 0 Å². The van der Waals surface area contributed by atoms with Crippen LogP contribution in [0.25, 0.3) is 93.6 Å². The molecule has 272 valence electrons. The van der Waals surface area contributed by atoms with Crippen molar-refractivity contribution in [3.63, 3.8) is 0 Å². The molecule has 0 amide bonds. The first kappa shape index (κ1) is 30.5. The first-order valence-electron chi connectivity index (χ1n) is 20.5. The number of nitrogens with zero attached hydrogens (tertiary/aromatic N) is 1. The smallest absolute Gasteiger partial charge is 0.143 e. The third-order valence-electron chi connectivity index (χ3n) is 14.0. The molecule has 16 rings (SSSR count). The third-order valence-corrected chi connectivity index (χ3v) is 14.0. The molecule has 3 nitrogen and oxygen atoms in total. The molecule has 3 aromatic heterocycles. The Morgan fingerprint density at radius 1 is 0.424 bits per heavy atom. The van der Waals surface area contributed by atoms with Gasteiger partial charge < -0.3 is 13.4 Å². The standard InChI is InChI=1S/C56H31NO2/c1-5-19-42-38(14-1)50-40-18-10-20-43-53(40)56(42,43)54-32(27-28-35(52(50)54)37-17-9-16-36-34-13-3-7-23-47(34)59-55(36)37)31-26-29-45-41(30-31)33-12-2-6-21-44(33)57(45)46-22-11-25-49-51(46)39-15-4-8-24-48(39)58-49/h1-30,50H. The molecule has 12 aromatic rings. The Kier molecular flexibility index (Phi) is 5.41. The lowest BCUT2D eigenvalue weighted by molar-refractivity contribution is 0.668. The van der Waals surface area contributed by atoms with Crippen molar-refractivity contribution in [1.29, 1.82) is 0 Å². The van der Waals surface area contributed by atoms with Gasteiger partial charge in [-0.25, -0.2) is 0 Å². The van der Waals surface area contributed by atoms with E-state index >= 15 is 0 Å². The number of hydrogen-bond acceptors (Lipinski definition) is 2. The number of aromatic nitrogens is 1. The predicted molar refractivity (Wildman–Crippen MR) is 239 cm³/mol. The molecule has 4 aliphatic carbocycles. The maximum Gasteiger partial charge on any atom is 0.143 e. The van der Waals surface area contributed by atoms with Gasteiger partial charge in [-0.15, -0.1) is 0 Å². The monoisotopic (exact) mass is 749 g/mol. The summed E-state index contributed by atoms with van der Waals surface area (Å²) in [5.41, 5.74) is 21.9. The Morgan fingerprint density at radius 2 is 1.10 bits per heavy atom. The maximum atomic E-state index is 6.74. The van der Waals surface area contributed by atoms with E-state index in [2.05, 4.69) is 180 Å². The largest absolute Gasteiger partial charge is 0.456 e. The van der Waals surface area contributed by atoms with Gasteiger partial charge in [0, 0.05) is 38.4 Å². The number of rotatable bonds is 3. The molecule has 3 heterocycles. The zero-order chi connectivity index (χ0) is 38.1. The van der Waals surface area contributed by atoms with E-state index in [-0.39, 0.29) is 11.3 Å². The summed E-state index contributed by atoms with van der Waals surface area (Å²) in [4.78, 5) is 0. The number of fused-ring (bicyclic) bond motifs is 9. The van der Waals surface area contributed by atoms with E-state index in [0.717, 1.165) is 55.1 Å². The van der Waals surface area contributed by atoms with Crippen molar-refractivity contribution in [3.05, 3.63) is 221 Å². The molecule has 1 spiro atoms. The molecule has 9 aromatic carbocycles. The molecule has 2 atom stereocenters. The summed E-state index contributed by atoms with van der Waals surface area (Å²) < 4.78 is 15.6. The molecule has 0 radical (unpaired) electrons. The summed E-state index contributed by atoms with van der Waals surface area (Å²) >= 11 is 0. The van der Waals surface area contributed by atoms with Crippen molar-refractivity contribution < 1.29 is 8.83 Å². The van der Waals surface area contributed by atoms with Gasteiger partial charge in [-0.05, 0) is 98.1 Å². The van der Waals surface area contributed by atoms with E-state index in [0.29, 0.717) is 0 Å². The van der Waals surface area contributed by atoms with Crippen molar-refractivity contribution in [3.8, 4) is 27.9 Å². The van der Waals surface area contributed by atoms with E-state index in [9.17, 15) is 0 Å². The fraction of sp³-hybridized carbons (Fsp3) is 0.0357. The highest BCUT2D eigenvalue weighted by atomic mass is 16.3. The van der Waals surface area contributed by atoms with Crippen LogP contribution in [0.15, 0.2) is 191 Å². The van der Waals surface area contributed by atoms with Crippen LogP contribution in [0.1, 0.15) is 44.9 Å². The normalized spacial score (nSPS) is 17.1. The van der Waals surface area contributed by atoms with Crippen LogP contribution in [0.3, 0.4) is 0 Å². The van der Waals surface area contributed by atoms with E-state index in [4.69, 9.17) is 8.83 Å². The quantitative estimate of drug-likeness (QED) is 0.180. The molecule has 0 aliphatic heterocycles. The molecule has 4 aliphatic rings. The Bertz CT molecular complexity index is 3870. The van der Waals surface area contributed by atoms with Crippen LogP contribution in [0.4, 0.5) is 0 Å². The average molecular weight is 750 g/mol. The van der Waals surface area contributed by atoms with Crippen LogP contribution >= 0.6 is 0 Å². The van der Waals surface area contributed by atoms with Crippen molar-refractivity contribution in [2.45, 2.75) is 11.3 Å². The minimum atomic E-state index is -0.284. The minimum absolute atomic E-state index is 0.117.